The first-order chi connectivity index (χ1) is 23.4. The number of fused-ring (bicyclic) bond motifs is 3. The Bertz CT molecular complexity index is 1680. The highest BCUT2D eigenvalue weighted by Crippen LogP contribution is 2.56. The summed E-state index contributed by atoms with van der Waals surface area (Å²) < 4.78 is 5.41. The number of nitrogens with two attached hydrogens (primary N) is 1. The first-order valence-corrected chi connectivity index (χ1v) is 15.5. The molecule has 4 aliphatic rings. The molecule has 5 rings (SSSR count). The molecule has 1 saturated heterocycles. The predicted molar refractivity (Wildman–Crippen MR) is 166 cm³/mol. The topological polar surface area (TPSA) is 313 Å². The van der Waals surface area contributed by atoms with Crippen LogP contribution in [0, 0.1) is 11.8 Å². The number of nitrogens with one attached hydrogen (secondary N) is 1. The second-order valence-electron chi connectivity index (χ2n) is 13.0. The van der Waals surface area contributed by atoms with Crippen LogP contribution in [0.3, 0.4) is 0 Å². The fourth-order valence-corrected chi connectivity index (χ4v) is 7.63. The smallest absolute Gasteiger partial charge is 0.255 e. The van der Waals surface area contributed by atoms with Gasteiger partial charge in [0.15, 0.2) is 17.6 Å². The number of rotatable bonds is 8. The van der Waals surface area contributed by atoms with E-state index in [1.807, 2.05) is 0 Å². The number of benzene rings is 1. The van der Waals surface area contributed by atoms with Crippen molar-refractivity contribution in [1.82, 2.24) is 9.96 Å². The monoisotopic (exact) mass is 708 g/mol. The average Bonchev–Trinajstić information content (AvgIpc) is 3.05. The van der Waals surface area contributed by atoms with Crippen LogP contribution >= 0.6 is 0 Å². The van der Waals surface area contributed by atoms with Gasteiger partial charge in [-0.3, -0.25) is 28.9 Å². The number of phenols is 1. The lowest BCUT2D eigenvalue weighted by Crippen LogP contribution is -2.70. The summed E-state index contributed by atoms with van der Waals surface area (Å²) in [5.41, 5.74) is 0.101. The van der Waals surface area contributed by atoms with Crippen molar-refractivity contribution in [2.75, 3.05) is 39.7 Å². The number of ether oxygens (including phenoxy) is 1. The molecule has 0 radical (unpaired) electrons. The maximum absolute atomic E-state index is 14.2. The Morgan fingerprint density at radius 1 is 1.04 bits per heavy atom. The molecule has 11 atom stereocenters. The molecule has 12 N–H and O–H groups in total. The van der Waals surface area contributed by atoms with Gasteiger partial charge in [0.2, 0.25) is 11.7 Å². The van der Waals surface area contributed by atoms with Gasteiger partial charge in [-0.05, 0) is 31.6 Å². The summed E-state index contributed by atoms with van der Waals surface area (Å²) in [5.74, 6) is -11.7. The average molecular weight is 709 g/mol. The number of hydrogen-bond acceptors (Lipinski definition) is 17. The van der Waals surface area contributed by atoms with Gasteiger partial charge < -0.3 is 61.7 Å². The molecular weight excluding hydrogens is 668 g/mol. The van der Waals surface area contributed by atoms with Gasteiger partial charge in [0.05, 0.1) is 43.0 Å². The molecule has 2 amide bonds. The van der Waals surface area contributed by atoms with Crippen LogP contribution in [-0.2, 0) is 28.8 Å². The summed E-state index contributed by atoms with van der Waals surface area (Å²) in [6.07, 6.45) is -9.84. The Morgan fingerprint density at radius 3 is 2.24 bits per heavy atom. The molecule has 1 aromatic rings. The normalized spacial score (nSPS) is 35.6. The van der Waals surface area contributed by atoms with Crippen LogP contribution < -0.4 is 11.1 Å². The van der Waals surface area contributed by atoms with E-state index < -0.39 is 131 Å². The highest BCUT2D eigenvalue weighted by Gasteiger charge is 2.68. The van der Waals surface area contributed by atoms with E-state index in [2.05, 4.69) is 5.32 Å². The zero-order valence-corrected chi connectivity index (χ0v) is 27.3. The molecule has 1 aliphatic heterocycles. The number of amides is 2. The minimum absolute atomic E-state index is 0.199. The number of nitrogens with zero attached hydrogens (tertiary/aromatic N) is 2. The summed E-state index contributed by atoms with van der Waals surface area (Å²) in [7, 11) is 3.91. The highest BCUT2D eigenvalue weighted by molar-refractivity contribution is 6.24. The molecule has 3 aliphatic carbocycles. The number of ketones is 2. The number of aromatic hydroxyl groups is 1. The number of carbonyl (C=O) groups is 4. The number of likely N-dealkylation sites (N-methyl/N-ethyl adjacent to an activating group) is 1. The highest BCUT2D eigenvalue weighted by atomic mass is 16.7. The lowest BCUT2D eigenvalue weighted by molar-refractivity contribution is -0.325. The fraction of sp³-hybridized carbons (Fsp3) is 0.548. The largest absolute Gasteiger partial charge is 0.508 e. The van der Waals surface area contributed by atoms with Gasteiger partial charge in [0.25, 0.3) is 5.91 Å². The van der Waals surface area contributed by atoms with Crippen LogP contribution in [0.2, 0.25) is 0 Å². The molecule has 19 nitrogen and oxygen atoms in total. The fourth-order valence-electron chi connectivity index (χ4n) is 7.63. The summed E-state index contributed by atoms with van der Waals surface area (Å²) in [4.78, 5) is 59.2. The third-order valence-electron chi connectivity index (χ3n) is 10.1. The summed E-state index contributed by atoms with van der Waals surface area (Å²) in [6, 6.07) is 1.15. The van der Waals surface area contributed by atoms with Crippen molar-refractivity contribution in [2.24, 2.45) is 17.6 Å². The van der Waals surface area contributed by atoms with Crippen LogP contribution in [0.4, 0.5) is 5.69 Å². The number of primary amides is 1. The van der Waals surface area contributed by atoms with E-state index in [0.717, 1.165) is 12.2 Å². The molecule has 0 aromatic heterocycles. The van der Waals surface area contributed by atoms with Crippen molar-refractivity contribution in [3.8, 4) is 5.75 Å². The lowest BCUT2D eigenvalue weighted by atomic mass is 9.54. The van der Waals surface area contributed by atoms with Gasteiger partial charge in [-0.2, -0.15) is 0 Å². The number of hydroxylamine groups is 2. The van der Waals surface area contributed by atoms with Gasteiger partial charge in [-0.1, -0.05) is 13.0 Å². The third kappa shape index (κ3) is 5.37. The van der Waals surface area contributed by atoms with E-state index in [1.54, 1.807) is 6.92 Å². The van der Waals surface area contributed by atoms with E-state index in [0.29, 0.717) is 0 Å². The van der Waals surface area contributed by atoms with E-state index in [4.69, 9.17) is 15.3 Å². The number of aliphatic hydroxyl groups excluding tert-OH is 7. The molecule has 2 fully saturated rings. The molecule has 0 bridgehead atoms. The van der Waals surface area contributed by atoms with Crippen molar-refractivity contribution in [3.05, 3.63) is 40.2 Å². The molecule has 0 spiro atoms. The van der Waals surface area contributed by atoms with E-state index in [-0.39, 0.29) is 16.8 Å². The van der Waals surface area contributed by atoms with Crippen molar-refractivity contribution in [3.63, 3.8) is 0 Å². The Morgan fingerprint density at radius 2 is 1.68 bits per heavy atom. The number of carbonyl (C=O) groups excluding carboxylic acids is 4. The van der Waals surface area contributed by atoms with Gasteiger partial charge >= 0.3 is 0 Å². The molecular formula is C31H40N4O15. The molecule has 1 saturated carbocycles. The number of aliphatic hydroxyl groups is 8. The van der Waals surface area contributed by atoms with E-state index in [9.17, 15) is 65.1 Å². The number of phenolic OH excluding ortho intramolecular Hbond substituents is 1. The van der Waals surface area contributed by atoms with Gasteiger partial charge in [-0.15, -0.1) is 5.06 Å². The Kier molecular flexibility index (Phi) is 9.88. The predicted octanol–water partition coefficient (Wildman–Crippen LogP) is -3.90. The second kappa shape index (κ2) is 13.3. The summed E-state index contributed by atoms with van der Waals surface area (Å²) >= 11 is 0. The lowest BCUT2D eigenvalue weighted by Gasteiger charge is -2.53. The van der Waals surface area contributed by atoms with Gasteiger partial charge in [-0.25, -0.2) is 0 Å². The summed E-state index contributed by atoms with van der Waals surface area (Å²) in [5, 5.41) is 101. The SMILES string of the molecule is CON(CC(=O)Nc1ccc2c(c1O)C(O)=C1C(=O)[C@]3(O)C(O)=C(C(N)=O)C(=O)[C@@H](N(C)C)[C@@H]3[C@@H](O)[C@@H]1[C@H]2C)[C@@H]1O[C@H](CO)[C@H](O)[C@H](O)[C@H]1O. The van der Waals surface area contributed by atoms with Gasteiger partial charge in [0.1, 0.15) is 53.8 Å². The molecule has 0 unspecified atom stereocenters. The maximum Gasteiger partial charge on any atom is 0.255 e. The van der Waals surface area contributed by atoms with Crippen LogP contribution in [0.25, 0.3) is 5.76 Å². The molecule has 50 heavy (non-hydrogen) atoms. The third-order valence-corrected chi connectivity index (χ3v) is 10.1. The first kappa shape index (κ1) is 37.2. The van der Waals surface area contributed by atoms with Crippen LogP contribution in [-0.4, -0.2) is 162 Å². The molecule has 1 heterocycles. The minimum atomic E-state index is -3.10. The Hall–Kier alpha value is -4.02. The van der Waals surface area contributed by atoms with Crippen molar-refractivity contribution < 1.29 is 74.7 Å². The number of Topliss-reactive ketones (excluding diaryl/α,β-unsaturated/α-hetero) is 2. The summed E-state index contributed by atoms with van der Waals surface area (Å²) in [6.45, 7) is 0.103. The van der Waals surface area contributed by atoms with Crippen molar-refractivity contribution in [2.45, 2.75) is 61.2 Å². The van der Waals surface area contributed by atoms with Crippen molar-refractivity contribution in [1.29, 1.82) is 0 Å². The maximum atomic E-state index is 14.2. The van der Waals surface area contributed by atoms with E-state index in [1.165, 1.54) is 31.1 Å². The standard InChI is InChI=1S/C31H40N4O15/c1-9-10-5-6-11(33-13(37)7-35(49-4)30-26(44)25(43)21(39)12(8-36)50-30)20(38)15(10)22(40)16-14(9)23(41)18-19(34(2)3)24(42)17(29(32)47)28(46)31(18,48)27(16)45/h5-6,9,12,14,18-19,21,23,25-26,30,36,38-41,43-44,46,48H,7-8H2,1-4H3,(H2,32,47)(H,33,37)/t9-,12+,14+,18+,19-,21-,23-,25-,26+,30+,31-/m0/s1. The quantitative estimate of drug-likeness (QED) is 0.0698. The van der Waals surface area contributed by atoms with Crippen LogP contribution in [0.15, 0.2) is 29.0 Å². The second-order valence-corrected chi connectivity index (χ2v) is 13.0. The van der Waals surface area contributed by atoms with Crippen LogP contribution in [0.1, 0.15) is 24.0 Å². The zero-order chi connectivity index (χ0) is 37.3. The van der Waals surface area contributed by atoms with E-state index >= 15 is 0 Å². The number of anilines is 1. The Labute approximate surface area is 284 Å². The first-order valence-electron chi connectivity index (χ1n) is 15.5. The molecule has 274 valence electrons. The molecule has 19 heteroatoms. The Balaban J connectivity index is 1.52. The van der Waals surface area contributed by atoms with Crippen molar-refractivity contribution >= 4 is 34.8 Å². The number of hydrogen-bond donors (Lipinski definition) is 11. The van der Waals surface area contributed by atoms with Gasteiger partial charge in [0, 0.05) is 11.5 Å². The molecule has 1 aromatic carbocycles. The zero-order valence-electron chi connectivity index (χ0n) is 27.3. The minimum Gasteiger partial charge on any atom is -0.508 e. The van der Waals surface area contributed by atoms with Crippen LogP contribution in [0.5, 0.6) is 5.75 Å².